The second-order valence-corrected chi connectivity index (χ2v) is 12.3. The van der Waals surface area contributed by atoms with Crippen molar-refractivity contribution in [3.63, 3.8) is 0 Å². The summed E-state index contributed by atoms with van der Waals surface area (Å²) in [6, 6.07) is 9.50. The lowest BCUT2D eigenvalue weighted by atomic mass is 9.88. The minimum Gasteiger partial charge on any atom is -0.493 e. The Balaban J connectivity index is 1.76. The van der Waals surface area contributed by atoms with Crippen molar-refractivity contribution in [2.24, 2.45) is 10.5 Å². The van der Waals surface area contributed by atoms with Crippen LogP contribution >= 0.6 is 38.5 Å². The average molecular weight is 652 g/mol. The fraction of sp³-hybridized carbons (Fsp3) is 0.444. The maximum absolute atomic E-state index is 13.5. The molecule has 1 aliphatic carbocycles. The normalized spacial score (nSPS) is 15.1. The van der Waals surface area contributed by atoms with Crippen molar-refractivity contribution < 1.29 is 9.47 Å². The zero-order valence-corrected chi connectivity index (χ0v) is 24.3. The van der Waals surface area contributed by atoms with Gasteiger partial charge in [0.25, 0.3) is 5.56 Å². The molecule has 0 atom stereocenters. The van der Waals surface area contributed by atoms with Crippen LogP contribution in [0.4, 0.5) is 0 Å². The molecule has 4 rings (SSSR count). The number of ether oxygens (including phenoxy) is 2. The average Bonchev–Trinajstić information content (AvgIpc) is 2.82. The van der Waals surface area contributed by atoms with E-state index in [-0.39, 0.29) is 16.9 Å². The van der Waals surface area contributed by atoms with Crippen LogP contribution in [0.15, 0.2) is 44.7 Å². The van der Waals surface area contributed by atoms with Crippen molar-refractivity contribution in [1.29, 1.82) is 0 Å². The molecule has 3 aromatic rings. The van der Waals surface area contributed by atoms with Crippen LogP contribution in [0.3, 0.4) is 0 Å². The van der Waals surface area contributed by atoms with Gasteiger partial charge in [0.05, 0.1) is 34.4 Å². The van der Waals surface area contributed by atoms with Crippen LogP contribution in [0.5, 0.6) is 11.5 Å². The SMILES string of the molecule is COc1cc(C=Nn2c(C3CCCCC3)nc3ccc(Br)cc3c2=O)cc(I)c1OCC(C)(C)C. The lowest BCUT2D eigenvalue weighted by Crippen LogP contribution is -2.25. The first-order valence-corrected chi connectivity index (χ1v) is 13.8. The highest BCUT2D eigenvalue weighted by atomic mass is 127. The number of hydrogen-bond donors (Lipinski definition) is 0. The van der Waals surface area contributed by atoms with E-state index in [9.17, 15) is 4.79 Å². The number of methoxy groups -OCH3 is 1. The van der Waals surface area contributed by atoms with Crippen molar-refractivity contribution in [2.75, 3.05) is 13.7 Å². The Hall–Kier alpha value is -1.94. The Bertz CT molecular complexity index is 1310. The smallest absolute Gasteiger partial charge is 0.282 e. The molecule has 1 fully saturated rings. The summed E-state index contributed by atoms with van der Waals surface area (Å²) in [7, 11) is 1.63. The molecule has 1 saturated carbocycles. The third-order valence-electron chi connectivity index (χ3n) is 6.03. The molecular weight excluding hydrogens is 621 g/mol. The third kappa shape index (κ3) is 6.25. The minimum absolute atomic E-state index is 0.0307. The lowest BCUT2D eigenvalue weighted by molar-refractivity contribution is 0.190. The molecular formula is C27H31BrIN3O3. The van der Waals surface area contributed by atoms with Gasteiger partial charge in [-0.05, 0) is 76.7 Å². The van der Waals surface area contributed by atoms with Crippen molar-refractivity contribution in [3.05, 3.63) is 60.1 Å². The lowest BCUT2D eigenvalue weighted by Gasteiger charge is -2.23. The van der Waals surface area contributed by atoms with Crippen LogP contribution in [0.2, 0.25) is 0 Å². The Morgan fingerprint density at radius 2 is 1.94 bits per heavy atom. The molecule has 35 heavy (non-hydrogen) atoms. The number of rotatable bonds is 6. The van der Waals surface area contributed by atoms with E-state index in [4.69, 9.17) is 14.5 Å². The zero-order valence-electron chi connectivity index (χ0n) is 20.6. The molecule has 186 valence electrons. The topological polar surface area (TPSA) is 65.7 Å². The Labute approximate surface area is 228 Å². The van der Waals surface area contributed by atoms with E-state index in [0.29, 0.717) is 23.3 Å². The van der Waals surface area contributed by atoms with E-state index in [1.807, 2.05) is 30.3 Å². The summed E-state index contributed by atoms with van der Waals surface area (Å²) >= 11 is 5.73. The Kier molecular flexibility index (Phi) is 8.20. The van der Waals surface area contributed by atoms with Crippen molar-refractivity contribution in [1.82, 2.24) is 9.66 Å². The van der Waals surface area contributed by atoms with E-state index in [2.05, 4.69) is 64.4 Å². The molecule has 0 aliphatic heterocycles. The molecule has 0 spiro atoms. The quantitative estimate of drug-likeness (QED) is 0.210. The Morgan fingerprint density at radius 3 is 2.63 bits per heavy atom. The number of nitrogens with zero attached hydrogens (tertiary/aromatic N) is 3. The molecule has 0 amide bonds. The summed E-state index contributed by atoms with van der Waals surface area (Å²) in [4.78, 5) is 18.4. The summed E-state index contributed by atoms with van der Waals surface area (Å²) in [5.41, 5.74) is 1.41. The maximum Gasteiger partial charge on any atom is 0.282 e. The fourth-order valence-electron chi connectivity index (χ4n) is 4.27. The third-order valence-corrected chi connectivity index (χ3v) is 7.32. The molecule has 0 bridgehead atoms. The molecule has 0 radical (unpaired) electrons. The first-order chi connectivity index (χ1) is 16.7. The molecule has 6 nitrogen and oxygen atoms in total. The van der Waals surface area contributed by atoms with Crippen molar-refractivity contribution >= 4 is 55.6 Å². The van der Waals surface area contributed by atoms with E-state index in [1.54, 1.807) is 13.3 Å². The predicted octanol–water partition coefficient (Wildman–Crippen LogP) is 7.13. The molecule has 8 heteroatoms. The summed E-state index contributed by atoms with van der Waals surface area (Å²) in [6.07, 6.45) is 7.27. The minimum atomic E-state index is -0.153. The van der Waals surface area contributed by atoms with Gasteiger partial charge in [0.2, 0.25) is 0 Å². The fourth-order valence-corrected chi connectivity index (χ4v) is 5.41. The van der Waals surface area contributed by atoms with Gasteiger partial charge >= 0.3 is 0 Å². The summed E-state index contributed by atoms with van der Waals surface area (Å²) in [5.74, 6) is 2.33. The van der Waals surface area contributed by atoms with Gasteiger partial charge in [-0.1, -0.05) is 56.0 Å². The maximum atomic E-state index is 13.5. The number of benzene rings is 2. The Morgan fingerprint density at radius 1 is 1.20 bits per heavy atom. The van der Waals surface area contributed by atoms with E-state index in [0.717, 1.165) is 50.9 Å². The highest BCUT2D eigenvalue weighted by molar-refractivity contribution is 14.1. The van der Waals surface area contributed by atoms with Gasteiger partial charge in [0.1, 0.15) is 5.82 Å². The van der Waals surface area contributed by atoms with Gasteiger partial charge < -0.3 is 9.47 Å². The van der Waals surface area contributed by atoms with Crippen molar-refractivity contribution in [2.45, 2.75) is 58.8 Å². The van der Waals surface area contributed by atoms with Crippen molar-refractivity contribution in [3.8, 4) is 11.5 Å². The van der Waals surface area contributed by atoms with Crippen LogP contribution in [0.25, 0.3) is 10.9 Å². The van der Waals surface area contributed by atoms with Crippen LogP contribution in [0, 0.1) is 8.99 Å². The summed E-state index contributed by atoms with van der Waals surface area (Å²) < 4.78 is 15.0. The van der Waals surface area contributed by atoms with E-state index < -0.39 is 0 Å². The largest absolute Gasteiger partial charge is 0.493 e. The molecule has 2 aromatic carbocycles. The molecule has 0 unspecified atom stereocenters. The standard InChI is InChI=1S/C27H31BrIN3O3/c1-27(2,3)16-35-24-21(29)12-17(13-23(24)34-4)15-30-32-25(18-8-6-5-7-9-18)31-22-11-10-19(28)14-20(22)26(32)33/h10-15,18H,5-9,16H2,1-4H3. The second-order valence-electron chi connectivity index (χ2n) is 10.2. The molecule has 0 N–H and O–H groups in total. The number of hydrogen-bond acceptors (Lipinski definition) is 5. The number of halogens is 2. The number of aromatic nitrogens is 2. The molecule has 1 aromatic heterocycles. The van der Waals surface area contributed by atoms with E-state index in [1.165, 1.54) is 11.1 Å². The van der Waals surface area contributed by atoms with E-state index >= 15 is 0 Å². The van der Waals surface area contributed by atoms with Crippen LogP contribution in [0.1, 0.15) is 70.2 Å². The predicted molar refractivity (Wildman–Crippen MR) is 153 cm³/mol. The van der Waals surface area contributed by atoms with Gasteiger partial charge in [-0.2, -0.15) is 9.78 Å². The second kappa shape index (κ2) is 11.0. The van der Waals surface area contributed by atoms with Crippen LogP contribution in [-0.2, 0) is 0 Å². The van der Waals surface area contributed by atoms with Crippen LogP contribution < -0.4 is 15.0 Å². The van der Waals surface area contributed by atoms with Gasteiger partial charge in [-0.3, -0.25) is 4.79 Å². The highest BCUT2D eigenvalue weighted by Gasteiger charge is 2.23. The van der Waals surface area contributed by atoms with Gasteiger partial charge in [0, 0.05) is 10.4 Å². The van der Waals surface area contributed by atoms with Gasteiger partial charge in [-0.25, -0.2) is 4.98 Å². The zero-order chi connectivity index (χ0) is 25.2. The highest BCUT2D eigenvalue weighted by Crippen LogP contribution is 2.35. The first kappa shape index (κ1) is 26.1. The van der Waals surface area contributed by atoms with Gasteiger partial charge in [0.15, 0.2) is 11.5 Å². The molecule has 1 aliphatic rings. The summed E-state index contributed by atoms with van der Waals surface area (Å²) in [5, 5.41) is 5.21. The van der Waals surface area contributed by atoms with Crippen LogP contribution in [-0.4, -0.2) is 29.6 Å². The number of fused-ring (bicyclic) bond motifs is 1. The van der Waals surface area contributed by atoms with Gasteiger partial charge in [-0.15, -0.1) is 0 Å². The monoisotopic (exact) mass is 651 g/mol. The first-order valence-electron chi connectivity index (χ1n) is 11.9. The molecule has 1 heterocycles. The molecule has 0 saturated heterocycles. The summed E-state index contributed by atoms with van der Waals surface area (Å²) in [6.45, 7) is 6.96.